The van der Waals surface area contributed by atoms with Gasteiger partial charge in [0.15, 0.2) is 0 Å². The fourth-order valence-electron chi connectivity index (χ4n) is 1.22. The molecule has 3 heteroatoms. The van der Waals surface area contributed by atoms with Crippen molar-refractivity contribution in [1.82, 2.24) is 0 Å². The minimum absolute atomic E-state index is 0.731. The molecule has 0 fully saturated rings. The van der Waals surface area contributed by atoms with Crippen LogP contribution in [0.1, 0.15) is 13.8 Å². The average molecular weight is 245 g/mol. The summed E-state index contributed by atoms with van der Waals surface area (Å²) in [5.41, 5.74) is 2.47. The Morgan fingerprint density at radius 3 is 2.44 bits per heavy atom. The molecule has 96 valence electrons. The minimum Gasteiger partial charge on any atom is -0.481 e. The Morgan fingerprint density at radius 2 is 2.00 bits per heavy atom. The first-order chi connectivity index (χ1) is 8.42. The Labute approximate surface area is 108 Å². The van der Waals surface area contributed by atoms with Crippen molar-refractivity contribution in [1.29, 1.82) is 5.41 Å². The Hall–Kier alpha value is -2.16. The molecule has 0 aromatic carbocycles. The van der Waals surface area contributed by atoms with Crippen LogP contribution in [-0.4, -0.2) is 17.3 Å². The molecule has 1 unspecified atom stereocenters. The molecule has 0 saturated carbocycles. The maximum Gasteiger partial charge on any atom is 0.315 e. The van der Waals surface area contributed by atoms with E-state index in [0.29, 0.717) is 0 Å². The van der Waals surface area contributed by atoms with E-state index in [-0.39, 0.29) is 0 Å². The normalized spacial score (nSPS) is 14.3. The third kappa shape index (κ3) is 5.80. The van der Waals surface area contributed by atoms with Gasteiger partial charge in [-0.1, -0.05) is 49.1 Å². The Kier molecular flexibility index (Phi) is 7.05. The highest BCUT2D eigenvalue weighted by Gasteiger charge is 2.11. The van der Waals surface area contributed by atoms with Crippen molar-refractivity contribution < 1.29 is 9.90 Å². The van der Waals surface area contributed by atoms with Crippen molar-refractivity contribution >= 4 is 12.2 Å². The number of rotatable bonds is 7. The summed E-state index contributed by atoms with van der Waals surface area (Å²) < 4.78 is 0. The molecule has 0 aliphatic carbocycles. The van der Waals surface area contributed by atoms with Gasteiger partial charge < -0.3 is 10.5 Å². The molecule has 0 radical (unpaired) electrons. The summed E-state index contributed by atoms with van der Waals surface area (Å²) in [6.07, 6.45) is 9.64. The van der Waals surface area contributed by atoms with E-state index in [1.165, 1.54) is 6.08 Å². The molecular formula is C15H19NO2. The molecule has 0 aliphatic heterocycles. The summed E-state index contributed by atoms with van der Waals surface area (Å²) in [6.45, 7) is 11.2. The first kappa shape index (κ1) is 15.8. The molecular weight excluding hydrogens is 226 g/mol. The van der Waals surface area contributed by atoms with E-state index in [2.05, 4.69) is 13.2 Å². The van der Waals surface area contributed by atoms with Crippen LogP contribution >= 0.6 is 0 Å². The number of allylic oxidation sites excluding steroid dienone is 7. The molecule has 2 N–H and O–H groups in total. The summed E-state index contributed by atoms with van der Waals surface area (Å²) in [6, 6.07) is 0. The van der Waals surface area contributed by atoms with Crippen LogP contribution in [0.5, 0.6) is 0 Å². The van der Waals surface area contributed by atoms with Crippen LogP contribution in [-0.2, 0) is 4.79 Å². The molecule has 0 spiro atoms. The predicted octanol–water partition coefficient (Wildman–Crippen LogP) is 3.53. The van der Waals surface area contributed by atoms with Crippen LogP contribution in [0.4, 0.5) is 0 Å². The molecule has 0 rings (SSSR count). The van der Waals surface area contributed by atoms with Gasteiger partial charge in [0.05, 0.1) is 0 Å². The van der Waals surface area contributed by atoms with E-state index < -0.39 is 11.9 Å². The lowest BCUT2D eigenvalue weighted by molar-refractivity contribution is -0.137. The predicted molar refractivity (Wildman–Crippen MR) is 75.9 cm³/mol. The quantitative estimate of drug-likeness (QED) is 0.532. The second kappa shape index (κ2) is 8.01. The highest BCUT2D eigenvalue weighted by molar-refractivity contribution is 5.89. The molecule has 0 aromatic heterocycles. The summed E-state index contributed by atoms with van der Waals surface area (Å²) >= 11 is 0. The zero-order chi connectivity index (χ0) is 14.1. The molecule has 0 aliphatic rings. The molecule has 0 amide bonds. The number of carboxylic acid groups (broad SMARTS) is 1. The number of carboxylic acids is 1. The average Bonchev–Trinajstić information content (AvgIpc) is 2.32. The molecule has 0 aromatic rings. The number of hydrogen-bond acceptors (Lipinski definition) is 2. The maximum absolute atomic E-state index is 10.8. The molecule has 0 heterocycles. The topological polar surface area (TPSA) is 61.2 Å². The van der Waals surface area contributed by atoms with Gasteiger partial charge in [-0.3, -0.25) is 4.79 Å². The van der Waals surface area contributed by atoms with E-state index in [1.54, 1.807) is 13.0 Å². The highest BCUT2D eigenvalue weighted by atomic mass is 16.4. The van der Waals surface area contributed by atoms with Crippen molar-refractivity contribution in [2.45, 2.75) is 13.8 Å². The Balaban J connectivity index is 4.94. The van der Waals surface area contributed by atoms with Crippen LogP contribution in [0, 0.1) is 11.3 Å². The van der Waals surface area contributed by atoms with Crippen LogP contribution in [0.25, 0.3) is 0 Å². The highest BCUT2D eigenvalue weighted by Crippen LogP contribution is 2.14. The second-order valence-electron chi connectivity index (χ2n) is 3.89. The van der Waals surface area contributed by atoms with E-state index in [1.807, 2.05) is 25.2 Å². The molecule has 1 atom stereocenters. The van der Waals surface area contributed by atoms with Gasteiger partial charge in [0.1, 0.15) is 5.92 Å². The zero-order valence-corrected chi connectivity index (χ0v) is 10.8. The lowest BCUT2D eigenvalue weighted by atomic mass is 10.0. The fraction of sp³-hybridized carbons (Fsp3) is 0.200. The van der Waals surface area contributed by atoms with E-state index in [9.17, 15) is 4.79 Å². The van der Waals surface area contributed by atoms with Gasteiger partial charge in [0.2, 0.25) is 0 Å². The molecule has 0 saturated heterocycles. The summed E-state index contributed by atoms with van der Waals surface area (Å²) in [5, 5.41) is 15.9. The van der Waals surface area contributed by atoms with Crippen molar-refractivity contribution in [3.05, 3.63) is 60.3 Å². The van der Waals surface area contributed by atoms with Crippen molar-refractivity contribution in [3.63, 3.8) is 0 Å². The Bertz CT molecular complexity index is 439. The standard InChI is InChI=1S/C15H19NO2/c1-5-6-7-11(2)8-12(3)13(4)9-14(10-16)15(17)18/h5-10,14,16H,1,3H2,2,4H3,(H,17,18)/b7-6-,11-8-,13-9+,16-10?. The largest absolute Gasteiger partial charge is 0.481 e. The van der Waals surface area contributed by atoms with Gasteiger partial charge in [0, 0.05) is 6.21 Å². The van der Waals surface area contributed by atoms with Gasteiger partial charge in [-0.15, -0.1) is 0 Å². The SMILES string of the molecule is C=C/C=C\C(C)=C/C(=C)/C(C)=C/C(C=N)C(=O)O. The number of nitrogens with one attached hydrogen (secondary N) is 1. The van der Waals surface area contributed by atoms with Gasteiger partial charge in [-0.2, -0.15) is 0 Å². The summed E-state index contributed by atoms with van der Waals surface area (Å²) in [4.78, 5) is 10.8. The van der Waals surface area contributed by atoms with Crippen LogP contribution in [0.15, 0.2) is 60.3 Å². The monoisotopic (exact) mass is 245 g/mol. The van der Waals surface area contributed by atoms with Crippen molar-refractivity contribution in [3.8, 4) is 0 Å². The number of hydrogen-bond donors (Lipinski definition) is 2. The fourth-order valence-corrected chi connectivity index (χ4v) is 1.22. The Morgan fingerprint density at radius 1 is 1.39 bits per heavy atom. The van der Waals surface area contributed by atoms with Gasteiger partial charge >= 0.3 is 5.97 Å². The van der Waals surface area contributed by atoms with Crippen molar-refractivity contribution in [2.24, 2.45) is 5.92 Å². The molecule has 0 bridgehead atoms. The number of carbonyl (C=O) groups is 1. The first-order valence-corrected chi connectivity index (χ1v) is 5.50. The lowest BCUT2D eigenvalue weighted by Gasteiger charge is -2.05. The zero-order valence-electron chi connectivity index (χ0n) is 10.8. The third-order valence-corrected chi connectivity index (χ3v) is 2.30. The van der Waals surface area contributed by atoms with Crippen LogP contribution < -0.4 is 0 Å². The number of aliphatic carboxylic acids is 1. The minimum atomic E-state index is -1.04. The third-order valence-electron chi connectivity index (χ3n) is 2.30. The van der Waals surface area contributed by atoms with E-state index in [0.717, 1.165) is 22.9 Å². The molecule has 3 nitrogen and oxygen atoms in total. The summed E-state index contributed by atoms with van der Waals surface area (Å²) in [5.74, 6) is -1.94. The van der Waals surface area contributed by atoms with Crippen LogP contribution in [0.2, 0.25) is 0 Å². The maximum atomic E-state index is 10.8. The van der Waals surface area contributed by atoms with Gasteiger partial charge in [-0.25, -0.2) is 0 Å². The first-order valence-electron chi connectivity index (χ1n) is 5.50. The smallest absolute Gasteiger partial charge is 0.315 e. The lowest BCUT2D eigenvalue weighted by Crippen LogP contribution is -2.12. The molecule has 18 heavy (non-hydrogen) atoms. The summed E-state index contributed by atoms with van der Waals surface area (Å²) in [7, 11) is 0. The van der Waals surface area contributed by atoms with Crippen LogP contribution in [0.3, 0.4) is 0 Å². The van der Waals surface area contributed by atoms with Gasteiger partial charge in [0.25, 0.3) is 0 Å². The van der Waals surface area contributed by atoms with E-state index >= 15 is 0 Å². The van der Waals surface area contributed by atoms with Crippen molar-refractivity contribution in [2.75, 3.05) is 0 Å². The van der Waals surface area contributed by atoms with E-state index in [4.69, 9.17) is 10.5 Å². The second-order valence-corrected chi connectivity index (χ2v) is 3.89. The van der Waals surface area contributed by atoms with Gasteiger partial charge in [-0.05, 0) is 25.0 Å².